The Labute approximate surface area is 162 Å². The SMILES string of the molecule is Brc1cc(Cc2cccc3ccc4c(c23)CCC2=C4C=CCC2)ccn1. The number of rotatable bonds is 2. The lowest BCUT2D eigenvalue weighted by atomic mass is 9.78. The first-order chi connectivity index (χ1) is 12.8. The Bertz CT molecular complexity index is 1070. The van der Waals surface area contributed by atoms with Crippen LogP contribution in [-0.4, -0.2) is 4.98 Å². The standard InChI is InChI=1S/C24H20BrN/c25-23-15-16(12-13-26-23)14-19-6-3-5-18-9-10-21-20-7-2-1-4-17(20)8-11-22(21)24(18)19/h2-3,5-7,9-10,12-13,15H,1,4,8,11,14H2. The van der Waals surface area contributed by atoms with Crippen LogP contribution in [0.2, 0.25) is 0 Å². The lowest BCUT2D eigenvalue weighted by Gasteiger charge is -2.26. The van der Waals surface area contributed by atoms with Crippen LogP contribution in [0.15, 0.2) is 71.0 Å². The second-order valence-corrected chi connectivity index (χ2v) is 8.04. The molecule has 0 N–H and O–H groups in total. The van der Waals surface area contributed by atoms with Crippen molar-refractivity contribution in [3.63, 3.8) is 0 Å². The van der Waals surface area contributed by atoms with Crippen LogP contribution >= 0.6 is 15.9 Å². The van der Waals surface area contributed by atoms with Gasteiger partial charge in [0.25, 0.3) is 0 Å². The molecule has 0 fully saturated rings. The van der Waals surface area contributed by atoms with E-state index in [2.05, 4.69) is 75.5 Å². The maximum absolute atomic E-state index is 4.26. The smallest absolute Gasteiger partial charge is 0.106 e. The molecule has 2 aromatic carbocycles. The van der Waals surface area contributed by atoms with Gasteiger partial charge in [-0.05, 0) is 98.8 Å². The van der Waals surface area contributed by atoms with E-state index in [0.717, 1.165) is 17.4 Å². The van der Waals surface area contributed by atoms with Crippen molar-refractivity contribution in [3.8, 4) is 0 Å². The largest absolute Gasteiger partial charge is 0.249 e. The molecule has 2 heteroatoms. The minimum Gasteiger partial charge on any atom is -0.249 e. The summed E-state index contributed by atoms with van der Waals surface area (Å²) < 4.78 is 0.902. The third-order valence-electron chi connectivity index (χ3n) is 5.67. The summed E-state index contributed by atoms with van der Waals surface area (Å²) >= 11 is 3.50. The van der Waals surface area contributed by atoms with Crippen molar-refractivity contribution >= 4 is 32.3 Å². The first-order valence-corrected chi connectivity index (χ1v) is 10.1. The Balaban J connectivity index is 1.69. The average molecular weight is 402 g/mol. The molecule has 1 heterocycles. The molecule has 0 amide bonds. The van der Waals surface area contributed by atoms with Gasteiger partial charge >= 0.3 is 0 Å². The Morgan fingerprint density at radius 3 is 2.88 bits per heavy atom. The third kappa shape index (κ3) is 2.73. The molecule has 2 aliphatic carbocycles. The van der Waals surface area contributed by atoms with E-state index in [4.69, 9.17) is 0 Å². The minimum absolute atomic E-state index is 0.902. The molecule has 26 heavy (non-hydrogen) atoms. The van der Waals surface area contributed by atoms with Crippen molar-refractivity contribution < 1.29 is 0 Å². The van der Waals surface area contributed by atoms with Crippen molar-refractivity contribution in [1.82, 2.24) is 4.98 Å². The summed E-state index contributed by atoms with van der Waals surface area (Å²) in [5, 5.41) is 2.82. The Morgan fingerprint density at radius 1 is 1.00 bits per heavy atom. The molecule has 0 bridgehead atoms. The topological polar surface area (TPSA) is 12.9 Å². The summed E-state index contributed by atoms with van der Waals surface area (Å²) in [5.41, 5.74) is 8.84. The highest BCUT2D eigenvalue weighted by atomic mass is 79.9. The number of halogens is 1. The summed E-state index contributed by atoms with van der Waals surface area (Å²) in [7, 11) is 0. The van der Waals surface area contributed by atoms with Crippen molar-refractivity contribution in [2.45, 2.75) is 32.1 Å². The molecule has 0 saturated heterocycles. The Kier molecular flexibility index (Phi) is 4.01. The molecule has 0 spiro atoms. The van der Waals surface area contributed by atoms with Crippen LogP contribution < -0.4 is 0 Å². The van der Waals surface area contributed by atoms with Crippen LogP contribution in [-0.2, 0) is 12.8 Å². The van der Waals surface area contributed by atoms with Crippen molar-refractivity contribution in [1.29, 1.82) is 0 Å². The molecule has 0 atom stereocenters. The van der Waals surface area contributed by atoms with E-state index in [1.807, 2.05) is 6.20 Å². The highest BCUT2D eigenvalue weighted by Crippen LogP contribution is 2.41. The van der Waals surface area contributed by atoms with E-state index >= 15 is 0 Å². The van der Waals surface area contributed by atoms with E-state index in [1.165, 1.54) is 57.9 Å². The lowest BCUT2D eigenvalue weighted by Crippen LogP contribution is -2.08. The minimum atomic E-state index is 0.902. The van der Waals surface area contributed by atoms with Gasteiger partial charge in [0.05, 0.1) is 0 Å². The molecule has 3 aromatic rings. The van der Waals surface area contributed by atoms with Gasteiger partial charge in [0.1, 0.15) is 4.60 Å². The molecule has 0 unspecified atom stereocenters. The molecular weight excluding hydrogens is 382 g/mol. The summed E-state index contributed by atoms with van der Waals surface area (Å²) in [6, 6.07) is 15.6. The van der Waals surface area contributed by atoms with Gasteiger partial charge < -0.3 is 0 Å². The van der Waals surface area contributed by atoms with Crippen LogP contribution in [0.3, 0.4) is 0 Å². The third-order valence-corrected chi connectivity index (χ3v) is 6.10. The van der Waals surface area contributed by atoms with E-state index < -0.39 is 0 Å². The highest BCUT2D eigenvalue weighted by Gasteiger charge is 2.21. The van der Waals surface area contributed by atoms with Crippen molar-refractivity contribution in [2.75, 3.05) is 0 Å². The average Bonchev–Trinajstić information content (AvgIpc) is 2.67. The zero-order chi connectivity index (χ0) is 17.5. The number of pyridine rings is 1. The van der Waals surface area contributed by atoms with Crippen molar-refractivity contribution in [3.05, 3.63) is 93.2 Å². The van der Waals surface area contributed by atoms with E-state index in [1.54, 1.807) is 5.57 Å². The maximum Gasteiger partial charge on any atom is 0.106 e. The number of aryl methyl sites for hydroxylation is 1. The number of hydrogen-bond acceptors (Lipinski definition) is 1. The molecule has 128 valence electrons. The van der Waals surface area contributed by atoms with Crippen LogP contribution in [0.1, 0.15) is 41.5 Å². The van der Waals surface area contributed by atoms with Gasteiger partial charge in [-0.15, -0.1) is 0 Å². The van der Waals surface area contributed by atoms with Crippen LogP contribution in [0, 0.1) is 0 Å². The van der Waals surface area contributed by atoms with Gasteiger partial charge in [0.15, 0.2) is 0 Å². The predicted molar refractivity (Wildman–Crippen MR) is 112 cm³/mol. The molecule has 0 saturated carbocycles. The van der Waals surface area contributed by atoms with Crippen LogP contribution in [0.25, 0.3) is 16.3 Å². The fourth-order valence-electron chi connectivity index (χ4n) is 4.49. The number of allylic oxidation sites excluding steroid dienone is 4. The van der Waals surface area contributed by atoms with Crippen LogP contribution in [0.5, 0.6) is 0 Å². The Hall–Kier alpha value is -2.19. The molecule has 5 rings (SSSR count). The van der Waals surface area contributed by atoms with Gasteiger partial charge in [0.2, 0.25) is 0 Å². The predicted octanol–water partition coefficient (Wildman–Crippen LogP) is 6.64. The van der Waals surface area contributed by atoms with Crippen molar-refractivity contribution in [2.24, 2.45) is 0 Å². The second-order valence-electron chi connectivity index (χ2n) is 7.23. The van der Waals surface area contributed by atoms with Crippen LogP contribution in [0.4, 0.5) is 0 Å². The first-order valence-electron chi connectivity index (χ1n) is 9.32. The zero-order valence-corrected chi connectivity index (χ0v) is 16.2. The molecule has 0 radical (unpaired) electrons. The summed E-state index contributed by atoms with van der Waals surface area (Å²) in [5.74, 6) is 0. The number of hydrogen-bond donors (Lipinski definition) is 0. The number of aromatic nitrogens is 1. The second kappa shape index (κ2) is 6.51. The molecular formula is C24H20BrN. The highest BCUT2D eigenvalue weighted by molar-refractivity contribution is 9.10. The zero-order valence-electron chi connectivity index (χ0n) is 14.6. The van der Waals surface area contributed by atoms with Gasteiger partial charge in [0, 0.05) is 6.20 Å². The number of fused-ring (bicyclic) bond motifs is 4. The quantitative estimate of drug-likeness (QED) is 0.438. The lowest BCUT2D eigenvalue weighted by molar-refractivity contribution is 0.830. The summed E-state index contributed by atoms with van der Waals surface area (Å²) in [4.78, 5) is 4.26. The first kappa shape index (κ1) is 16.0. The molecule has 0 aliphatic heterocycles. The maximum atomic E-state index is 4.26. The fourth-order valence-corrected chi connectivity index (χ4v) is 4.91. The molecule has 2 aliphatic rings. The normalized spacial score (nSPS) is 15.9. The van der Waals surface area contributed by atoms with Gasteiger partial charge in [-0.25, -0.2) is 4.98 Å². The molecule has 1 aromatic heterocycles. The van der Waals surface area contributed by atoms with Gasteiger partial charge in [-0.3, -0.25) is 0 Å². The molecule has 1 nitrogen and oxygen atoms in total. The number of benzene rings is 2. The van der Waals surface area contributed by atoms with E-state index in [0.29, 0.717) is 0 Å². The number of nitrogens with zero attached hydrogens (tertiary/aromatic N) is 1. The van der Waals surface area contributed by atoms with Gasteiger partial charge in [-0.1, -0.05) is 48.1 Å². The summed E-state index contributed by atoms with van der Waals surface area (Å²) in [6.07, 6.45) is 12.3. The monoisotopic (exact) mass is 401 g/mol. The fraction of sp³-hybridized carbons (Fsp3) is 0.208. The van der Waals surface area contributed by atoms with Gasteiger partial charge in [-0.2, -0.15) is 0 Å². The van der Waals surface area contributed by atoms with E-state index in [-0.39, 0.29) is 0 Å². The van der Waals surface area contributed by atoms with E-state index in [9.17, 15) is 0 Å². The summed E-state index contributed by atoms with van der Waals surface area (Å²) in [6.45, 7) is 0. The Morgan fingerprint density at radius 2 is 1.96 bits per heavy atom.